The molecule has 102 valence electrons. The minimum atomic E-state index is 0.475. The van der Waals surface area contributed by atoms with Gasteiger partial charge in [0.15, 0.2) is 0 Å². The molecule has 6 heteroatoms. The average Bonchev–Trinajstić information content (AvgIpc) is 2.97. The predicted molar refractivity (Wildman–Crippen MR) is 80.4 cm³/mol. The zero-order valence-corrected chi connectivity index (χ0v) is 12.0. The van der Waals surface area contributed by atoms with Gasteiger partial charge in [0.1, 0.15) is 10.6 Å². The second-order valence-corrected chi connectivity index (χ2v) is 6.29. The molecule has 3 rings (SSSR count). The second kappa shape index (κ2) is 4.94. The smallest absolute Gasteiger partial charge is 0.240 e. The normalized spacial score (nSPS) is 21.6. The van der Waals surface area contributed by atoms with E-state index in [1.54, 1.807) is 11.3 Å². The Hall–Kier alpha value is -1.40. The molecular weight excluding hydrogens is 258 g/mol. The number of hydrogen-bond donors (Lipinski definition) is 3. The van der Waals surface area contributed by atoms with E-state index >= 15 is 0 Å². The SMILES string of the molecule is CCc1cc2c(NCC3CC3C)nc(NN)nc2s1. The van der Waals surface area contributed by atoms with E-state index in [1.807, 2.05) is 0 Å². The summed E-state index contributed by atoms with van der Waals surface area (Å²) in [6, 6.07) is 2.18. The van der Waals surface area contributed by atoms with Gasteiger partial charge in [0, 0.05) is 11.4 Å². The molecule has 0 amide bonds. The summed E-state index contributed by atoms with van der Waals surface area (Å²) in [7, 11) is 0. The minimum absolute atomic E-state index is 0.475. The van der Waals surface area contributed by atoms with Crippen molar-refractivity contribution in [1.29, 1.82) is 0 Å². The molecule has 0 radical (unpaired) electrons. The molecule has 2 aromatic heterocycles. The lowest BCUT2D eigenvalue weighted by Gasteiger charge is -2.07. The lowest BCUT2D eigenvalue weighted by Crippen LogP contribution is -2.13. The number of rotatable bonds is 5. The first-order valence-electron chi connectivity index (χ1n) is 6.72. The molecule has 2 unspecified atom stereocenters. The van der Waals surface area contributed by atoms with E-state index in [0.29, 0.717) is 5.95 Å². The van der Waals surface area contributed by atoms with Crippen LogP contribution in [0.4, 0.5) is 11.8 Å². The molecule has 0 aromatic carbocycles. The lowest BCUT2D eigenvalue weighted by molar-refractivity contribution is 0.785. The molecular formula is C13H19N5S. The van der Waals surface area contributed by atoms with Crippen molar-refractivity contribution in [2.24, 2.45) is 17.7 Å². The van der Waals surface area contributed by atoms with E-state index < -0.39 is 0 Å². The number of nitrogens with two attached hydrogens (primary N) is 1. The Morgan fingerprint density at radius 2 is 2.26 bits per heavy atom. The number of aromatic nitrogens is 2. The van der Waals surface area contributed by atoms with Crippen LogP contribution in [0.25, 0.3) is 10.2 Å². The predicted octanol–water partition coefficient (Wildman–Crippen LogP) is 2.61. The van der Waals surface area contributed by atoms with Crippen LogP contribution in [-0.2, 0) is 6.42 Å². The molecule has 2 heterocycles. The van der Waals surface area contributed by atoms with Gasteiger partial charge in [0.25, 0.3) is 0 Å². The number of nitrogens with one attached hydrogen (secondary N) is 2. The van der Waals surface area contributed by atoms with Crippen molar-refractivity contribution in [2.45, 2.75) is 26.7 Å². The average molecular weight is 277 g/mol. The Labute approximate surface area is 116 Å². The van der Waals surface area contributed by atoms with Gasteiger partial charge in [-0.05, 0) is 30.7 Å². The summed E-state index contributed by atoms with van der Waals surface area (Å²) in [5, 5.41) is 4.56. The molecule has 1 aliphatic carbocycles. The quantitative estimate of drug-likeness (QED) is 0.578. The maximum atomic E-state index is 5.44. The Morgan fingerprint density at radius 1 is 1.47 bits per heavy atom. The molecule has 2 atom stereocenters. The molecule has 0 spiro atoms. The van der Waals surface area contributed by atoms with Crippen molar-refractivity contribution in [1.82, 2.24) is 9.97 Å². The van der Waals surface area contributed by atoms with Gasteiger partial charge in [-0.3, -0.25) is 5.43 Å². The fourth-order valence-corrected chi connectivity index (χ4v) is 3.22. The zero-order valence-electron chi connectivity index (χ0n) is 11.2. The van der Waals surface area contributed by atoms with E-state index in [-0.39, 0.29) is 0 Å². The largest absolute Gasteiger partial charge is 0.369 e. The zero-order chi connectivity index (χ0) is 13.4. The van der Waals surface area contributed by atoms with Gasteiger partial charge in [-0.2, -0.15) is 4.98 Å². The van der Waals surface area contributed by atoms with E-state index in [0.717, 1.165) is 40.8 Å². The van der Waals surface area contributed by atoms with Crippen LogP contribution in [-0.4, -0.2) is 16.5 Å². The summed E-state index contributed by atoms with van der Waals surface area (Å²) < 4.78 is 0. The van der Waals surface area contributed by atoms with E-state index in [1.165, 1.54) is 11.3 Å². The van der Waals surface area contributed by atoms with Gasteiger partial charge in [-0.15, -0.1) is 11.3 Å². The van der Waals surface area contributed by atoms with Crippen molar-refractivity contribution >= 4 is 33.3 Å². The molecule has 4 N–H and O–H groups in total. The highest BCUT2D eigenvalue weighted by atomic mass is 32.1. The molecule has 0 saturated heterocycles. The van der Waals surface area contributed by atoms with Crippen LogP contribution in [0.1, 0.15) is 25.1 Å². The molecule has 1 saturated carbocycles. The van der Waals surface area contributed by atoms with E-state index in [2.05, 4.69) is 40.6 Å². The maximum absolute atomic E-state index is 5.44. The number of thiophene rings is 1. The summed E-state index contributed by atoms with van der Waals surface area (Å²) in [5.41, 5.74) is 2.54. The minimum Gasteiger partial charge on any atom is -0.369 e. The number of nitrogen functional groups attached to an aromatic ring is 1. The molecule has 1 fully saturated rings. The first-order chi connectivity index (χ1) is 9.21. The first-order valence-corrected chi connectivity index (χ1v) is 7.53. The van der Waals surface area contributed by atoms with Crippen molar-refractivity contribution in [3.8, 4) is 0 Å². The molecule has 2 aromatic rings. The van der Waals surface area contributed by atoms with Gasteiger partial charge >= 0.3 is 0 Å². The fourth-order valence-electron chi connectivity index (χ4n) is 2.26. The van der Waals surface area contributed by atoms with Crippen LogP contribution in [0.15, 0.2) is 6.07 Å². The Bertz CT molecular complexity index is 594. The monoisotopic (exact) mass is 277 g/mol. The summed E-state index contributed by atoms with van der Waals surface area (Å²) in [6.45, 7) is 5.42. The molecule has 0 aliphatic heterocycles. The summed E-state index contributed by atoms with van der Waals surface area (Å²) in [4.78, 5) is 11.2. The number of anilines is 2. The van der Waals surface area contributed by atoms with Crippen molar-refractivity contribution in [3.05, 3.63) is 10.9 Å². The Morgan fingerprint density at radius 3 is 2.89 bits per heavy atom. The number of nitrogens with zero attached hydrogens (tertiary/aromatic N) is 2. The third kappa shape index (κ3) is 2.50. The standard InChI is InChI=1S/C13H19N5S/c1-3-9-5-10-11(15-6-8-4-7(8)2)16-13(18-14)17-12(10)19-9/h5,7-8H,3-4,6,14H2,1-2H3,(H2,15,16,17,18). The summed E-state index contributed by atoms with van der Waals surface area (Å²) in [6.07, 6.45) is 2.33. The molecule has 0 bridgehead atoms. The van der Waals surface area contributed by atoms with Crippen LogP contribution in [0.2, 0.25) is 0 Å². The molecule has 5 nitrogen and oxygen atoms in total. The second-order valence-electron chi connectivity index (χ2n) is 5.18. The van der Waals surface area contributed by atoms with Crippen LogP contribution >= 0.6 is 11.3 Å². The summed E-state index contributed by atoms with van der Waals surface area (Å²) >= 11 is 1.70. The van der Waals surface area contributed by atoms with Gasteiger partial charge in [0.05, 0.1) is 5.39 Å². The molecule has 1 aliphatic rings. The fraction of sp³-hybridized carbons (Fsp3) is 0.538. The number of hydrogen-bond acceptors (Lipinski definition) is 6. The van der Waals surface area contributed by atoms with Crippen LogP contribution < -0.4 is 16.6 Å². The highest BCUT2D eigenvalue weighted by Gasteiger charge is 2.32. The van der Waals surface area contributed by atoms with E-state index in [9.17, 15) is 0 Å². The van der Waals surface area contributed by atoms with Crippen LogP contribution in [0, 0.1) is 11.8 Å². The number of fused-ring (bicyclic) bond motifs is 1. The highest BCUT2D eigenvalue weighted by Crippen LogP contribution is 2.38. The van der Waals surface area contributed by atoms with Gasteiger partial charge in [-0.1, -0.05) is 13.8 Å². The van der Waals surface area contributed by atoms with E-state index in [4.69, 9.17) is 5.84 Å². The van der Waals surface area contributed by atoms with Gasteiger partial charge in [0.2, 0.25) is 5.95 Å². The van der Waals surface area contributed by atoms with Gasteiger partial charge < -0.3 is 5.32 Å². The lowest BCUT2D eigenvalue weighted by atomic mass is 10.3. The van der Waals surface area contributed by atoms with Gasteiger partial charge in [-0.25, -0.2) is 10.8 Å². The van der Waals surface area contributed by atoms with Crippen molar-refractivity contribution < 1.29 is 0 Å². The van der Waals surface area contributed by atoms with Crippen LogP contribution in [0.5, 0.6) is 0 Å². The summed E-state index contributed by atoms with van der Waals surface area (Å²) in [5.74, 6) is 8.43. The van der Waals surface area contributed by atoms with Crippen LogP contribution in [0.3, 0.4) is 0 Å². The topological polar surface area (TPSA) is 75.9 Å². The highest BCUT2D eigenvalue weighted by molar-refractivity contribution is 7.18. The maximum Gasteiger partial charge on any atom is 0.240 e. The Balaban J connectivity index is 1.92. The first kappa shape index (κ1) is 12.6. The van der Waals surface area contributed by atoms with Crippen molar-refractivity contribution in [2.75, 3.05) is 17.3 Å². The number of aryl methyl sites for hydroxylation is 1. The molecule has 19 heavy (non-hydrogen) atoms. The third-order valence-electron chi connectivity index (χ3n) is 3.73. The Kier molecular flexibility index (Phi) is 3.28. The third-order valence-corrected chi connectivity index (χ3v) is 4.90. The van der Waals surface area contributed by atoms with Crippen molar-refractivity contribution in [3.63, 3.8) is 0 Å². The number of hydrazine groups is 1.